The molecule has 1 aliphatic rings. The first-order chi connectivity index (χ1) is 12.1. The standard InChI is InChI=1S/C18H28N2O5/c1-23-16-12-14(13-17(24-2)18(16)25-3)15(22)4-5-19-6-8-20(9-7-19)10-11-21/h12-13,21H,4-11H2,1-3H3. The Morgan fingerprint density at radius 2 is 1.48 bits per heavy atom. The van der Waals surface area contributed by atoms with E-state index in [1.54, 1.807) is 12.1 Å². The van der Waals surface area contributed by atoms with E-state index in [9.17, 15) is 4.79 Å². The van der Waals surface area contributed by atoms with Crippen LogP contribution < -0.4 is 14.2 Å². The summed E-state index contributed by atoms with van der Waals surface area (Å²) >= 11 is 0. The molecule has 0 saturated carbocycles. The van der Waals surface area contributed by atoms with Crippen molar-refractivity contribution in [3.05, 3.63) is 17.7 Å². The second kappa shape index (κ2) is 9.60. The summed E-state index contributed by atoms with van der Waals surface area (Å²) in [6.45, 7) is 5.34. The van der Waals surface area contributed by atoms with Gasteiger partial charge >= 0.3 is 0 Å². The fraction of sp³-hybridized carbons (Fsp3) is 0.611. The van der Waals surface area contributed by atoms with Gasteiger partial charge in [-0.1, -0.05) is 0 Å². The maximum absolute atomic E-state index is 12.6. The highest BCUT2D eigenvalue weighted by molar-refractivity contribution is 5.97. The number of hydrogen-bond acceptors (Lipinski definition) is 7. The number of aliphatic hydroxyl groups excluding tert-OH is 1. The summed E-state index contributed by atoms with van der Waals surface area (Å²) in [6.07, 6.45) is 0.443. The zero-order chi connectivity index (χ0) is 18.2. The Hall–Kier alpha value is -1.83. The number of ether oxygens (including phenoxy) is 3. The summed E-state index contributed by atoms with van der Waals surface area (Å²) in [6, 6.07) is 3.39. The molecule has 1 saturated heterocycles. The number of benzene rings is 1. The molecule has 0 unspecified atom stereocenters. The quantitative estimate of drug-likeness (QED) is 0.662. The van der Waals surface area contributed by atoms with Gasteiger partial charge in [0.2, 0.25) is 5.75 Å². The number of methoxy groups -OCH3 is 3. The Balaban J connectivity index is 1.95. The minimum absolute atomic E-state index is 0.0528. The lowest BCUT2D eigenvalue weighted by atomic mass is 10.1. The van der Waals surface area contributed by atoms with Crippen LogP contribution in [0.3, 0.4) is 0 Å². The zero-order valence-corrected chi connectivity index (χ0v) is 15.3. The third-order valence-electron chi connectivity index (χ3n) is 4.52. The lowest BCUT2D eigenvalue weighted by Crippen LogP contribution is -2.47. The Labute approximate surface area is 149 Å². The number of aliphatic hydroxyl groups is 1. The largest absolute Gasteiger partial charge is 0.493 e. The first-order valence-electron chi connectivity index (χ1n) is 8.51. The smallest absolute Gasteiger partial charge is 0.203 e. The van der Waals surface area contributed by atoms with Gasteiger partial charge in [0.05, 0.1) is 27.9 Å². The number of carbonyl (C=O) groups excluding carboxylic acids is 1. The SMILES string of the molecule is COc1cc(C(=O)CCN2CCN(CCO)CC2)cc(OC)c1OC. The van der Waals surface area contributed by atoms with E-state index in [-0.39, 0.29) is 12.4 Å². The van der Waals surface area contributed by atoms with Crippen LogP contribution in [0.4, 0.5) is 0 Å². The summed E-state index contributed by atoms with van der Waals surface area (Å²) in [4.78, 5) is 17.1. The van der Waals surface area contributed by atoms with Gasteiger partial charge in [0, 0.05) is 51.3 Å². The van der Waals surface area contributed by atoms with Crippen LogP contribution in [0.25, 0.3) is 0 Å². The summed E-state index contributed by atoms with van der Waals surface area (Å²) in [5.41, 5.74) is 0.563. The predicted octanol–water partition coefficient (Wildman–Crippen LogP) is 0.895. The molecule has 2 rings (SSSR count). The topological polar surface area (TPSA) is 71.5 Å². The number of piperazine rings is 1. The van der Waals surface area contributed by atoms with Gasteiger partial charge in [0.15, 0.2) is 17.3 Å². The number of Topliss-reactive ketones (excluding diaryl/α,β-unsaturated/α-hetero) is 1. The predicted molar refractivity (Wildman–Crippen MR) is 95.0 cm³/mol. The zero-order valence-electron chi connectivity index (χ0n) is 15.3. The molecule has 1 aromatic rings. The number of carbonyl (C=O) groups is 1. The lowest BCUT2D eigenvalue weighted by Gasteiger charge is -2.34. The van der Waals surface area contributed by atoms with E-state index < -0.39 is 0 Å². The highest BCUT2D eigenvalue weighted by atomic mass is 16.5. The average molecular weight is 352 g/mol. The van der Waals surface area contributed by atoms with E-state index in [0.29, 0.717) is 29.2 Å². The first kappa shape index (κ1) is 19.5. The van der Waals surface area contributed by atoms with Crippen molar-refractivity contribution in [3.8, 4) is 17.2 Å². The second-order valence-corrected chi connectivity index (χ2v) is 5.99. The van der Waals surface area contributed by atoms with Crippen LogP contribution in [-0.4, -0.2) is 87.9 Å². The van der Waals surface area contributed by atoms with Crippen LogP contribution >= 0.6 is 0 Å². The van der Waals surface area contributed by atoms with E-state index in [2.05, 4.69) is 9.80 Å². The molecule has 7 nitrogen and oxygen atoms in total. The highest BCUT2D eigenvalue weighted by Crippen LogP contribution is 2.38. The van der Waals surface area contributed by atoms with Gasteiger partial charge in [0.1, 0.15) is 0 Å². The minimum atomic E-state index is 0.0528. The fourth-order valence-electron chi connectivity index (χ4n) is 3.02. The number of β-amino-alcohol motifs (C(OH)–C–C–N with tert-alkyl or cyclic N) is 1. The molecule has 0 radical (unpaired) electrons. The first-order valence-corrected chi connectivity index (χ1v) is 8.51. The van der Waals surface area contributed by atoms with Crippen LogP contribution in [0, 0.1) is 0 Å². The Morgan fingerprint density at radius 3 is 1.92 bits per heavy atom. The number of ketones is 1. The van der Waals surface area contributed by atoms with Gasteiger partial charge in [-0.25, -0.2) is 0 Å². The van der Waals surface area contributed by atoms with Crippen molar-refractivity contribution in [2.24, 2.45) is 0 Å². The third-order valence-corrected chi connectivity index (χ3v) is 4.52. The summed E-state index contributed by atoms with van der Waals surface area (Å²) in [5.74, 6) is 1.52. The molecule has 1 heterocycles. The summed E-state index contributed by atoms with van der Waals surface area (Å²) in [5, 5.41) is 8.98. The molecule has 0 spiro atoms. The van der Waals surface area contributed by atoms with Gasteiger partial charge in [-0.2, -0.15) is 0 Å². The monoisotopic (exact) mass is 352 g/mol. The summed E-state index contributed by atoms with van der Waals surface area (Å²) < 4.78 is 15.9. The lowest BCUT2D eigenvalue weighted by molar-refractivity contribution is 0.0906. The Bertz CT molecular complexity index is 546. The molecule has 1 aromatic carbocycles. The minimum Gasteiger partial charge on any atom is -0.493 e. The van der Waals surface area contributed by atoms with Gasteiger partial charge in [0.25, 0.3) is 0 Å². The van der Waals surface area contributed by atoms with Crippen molar-refractivity contribution >= 4 is 5.78 Å². The van der Waals surface area contributed by atoms with Gasteiger partial charge in [-0.05, 0) is 12.1 Å². The molecular formula is C18H28N2O5. The molecule has 0 atom stereocenters. The number of rotatable bonds is 9. The number of nitrogens with zero attached hydrogens (tertiary/aromatic N) is 2. The van der Waals surface area contributed by atoms with Crippen molar-refractivity contribution in [3.63, 3.8) is 0 Å². The molecule has 0 bridgehead atoms. The highest BCUT2D eigenvalue weighted by Gasteiger charge is 2.19. The third kappa shape index (κ3) is 5.07. The average Bonchev–Trinajstić information content (AvgIpc) is 2.66. The van der Waals surface area contributed by atoms with E-state index in [0.717, 1.165) is 39.3 Å². The molecule has 25 heavy (non-hydrogen) atoms. The maximum atomic E-state index is 12.6. The second-order valence-electron chi connectivity index (χ2n) is 5.99. The normalized spacial score (nSPS) is 15.8. The molecule has 0 amide bonds. The molecule has 0 aromatic heterocycles. The van der Waals surface area contributed by atoms with Crippen molar-refractivity contribution in [1.29, 1.82) is 0 Å². The van der Waals surface area contributed by atoms with Gasteiger partial charge in [-0.15, -0.1) is 0 Å². The fourth-order valence-corrected chi connectivity index (χ4v) is 3.02. The molecular weight excluding hydrogens is 324 g/mol. The van der Waals surface area contributed by atoms with Crippen molar-refractivity contribution < 1.29 is 24.1 Å². The van der Waals surface area contributed by atoms with Gasteiger partial charge < -0.3 is 24.2 Å². The summed E-state index contributed by atoms with van der Waals surface area (Å²) in [7, 11) is 4.62. The van der Waals surface area contributed by atoms with Gasteiger partial charge in [-0.3, -0.25) is 9.69 Å². The Kier molecular flexibility index (Phi) is 7.49. The van der Waals surface area contributed by atoms with Crippen molar-refractivity contribution in [2.45, 2.75) is 6.42 Å². The molecule has 1 N–H and O–H groups in total. The molecule has 1 aliphatic heterocycles. The maximum Gasteiger partial charge on any atom is 0.203 e. The number of hydrogen-bond donors (Lipinski definition) is 1. The van der Waals surface area contributed by atoms with Crippen LogP contribution in [0.2, 0.25) is 0 Å². The molecule has 1 fully saturated rings. The van der Waals surface area contributed by atoms with E-state index in [4.69, 9.17) is 19.3 Å². The van der Waals surface area contributed by atoms with Crippen LogP contribution in [0.5, 0.6) is 17.2 Å². The Morgan fingerprint density at radius 1 is 0.960 bits per heavy atom. The van der Waals surface area contributed by atoms with Crippen LogP contribution in [0.1, 0.15) is 16.8 Å². The van der Waals surface area contributed by atoms with Crippen molar-refractivity contribution in [1.82, 2.24) is 9.80 Å². The van der Waals surface area contributed by atoms with E-state index >= 15 is 0 Å². The van der Waals surface area contributed by atoms with Crippen LogP contribution in [0.15, 0.2) is 12.1 Å². The molecule has 140 valence electrons. The van der Waals surface area contributed by atoms with E-state index in [1.807, 2.05) is 0 Å². The van der Waals surface area contributed by atoms with E-state index in [1.165, 1.54) is 21.3 Å². The van der Waals surface area contributed by atoms with Crippen molar-refractivity contribution in [2.75, 3.05) is 67.2 Å². The molecule has 7 heteroatoms. The van der Waals surface area contributed by atoms with Crippen LogP contribution in [-0.2, 0) is 0 Å². The molecule has 0 aliphatic carbocycles.